The summed E-state index contributed by atoms with van der Waals surface area (Å²) in [5, 5.41) is 5.20. The van der Waals surface area contributed by atoms with Crippen LogP contribution in [0.1, 0.15) is 43.9 Å². The fourth-order valence-electron chi connectivity index (χ4n) is 4.78. The summed E-state index contributed by atoms with van der Waals surface area (Å²) in [6, 6.07) is 18.1. The van der Waals surface area contributed by atoms with E-state index < -0.39 is 0 Å². The lowest BCUT2D eigenvalue weighted by Gasteiger charge is -2.35. The summed E-state index contributed by atoms with van der Waals surface area (Å²) >= 11 is 1.20. The van der Waals surface area contributed by atoms with Crippen molar-refractivity contribution in [2.45, 2.75) is 50.7 Å². The van der Waals surface area contributed by atoms with E-state index in [2.05, 4.69) is 19.9 Å². The number of nitrogens with zero attached hydrogens (tertiary/aromatic N) is 4. The molecule has 7 nitrogen and oxygen atoms in total. The van der Waals surface area contributed by atoms with E-state index in [1.807, 2.05) is 48.5 Å². The smallest absolute Gasteiger partial charge is 0.316 e. The molecule has 0 saturated heterocycles. The van der Waals surface area contributed by atoms with Crippen molar-refractivity contribution >= 4 is 23.5 Å². The molecular formula is C27H28N4O3S. The van der Waals surface area contributed by atoms with E-state index in [1.165, 1.54) is 17.3 Å². The SMILES string of the molecule is CCOC(=O)CSc1nn(Cc2ccccc2)c2nc3c(c(=O)n12)[C@](C)(CC)Cc1ccccc1-3. The van der Waals surface area contributed by atoms with Gasteiger partial charge in [0.05, 0.1) is 30.2 Å². The number of ether oxygens (including phenoxy) is 1. The molecule has 2 aromatic heterocycles. The molecule has 0 N–H and O–H groups in total. The van der Waals surface area contributed by atoms with Gasteiger partial charge in [-0.3, -0.25) is 9.59 Å². The molecule has 0 radical (unpaired) electrons. The molecule has 0 saturated carbocycles. The molecule has 0 aliphatic heterocycles. The normalized spacial score (nSPS) is 16.7. The molecule has 0 spiro atoms. The van der Waals surface area contributed by atoms with Gasteiger partial charge in [0.15, 0.2) is 5.16 Å². The third-order valence-corrected chi connectivity index (χ3v) is 7.63. The maximum Gasteiger partial charge on any atom is 0.316 e. The van der Waals surface area contributed by atoms with Crippen LogP contribution in [0.25, 0.3) is 17.0 Å². The molecule has 0 amide bonds. The summed E-state index contributed by atoms with van der Waals surface area (Å²) in [5.41, 5.74) is 4.23. The van der Waals surface area contributed by atoms with Crippen LogP contribution in [-0.4, -0.2) is 37.5 Å². The Morgan fingerprint density at radius 2 is 1.86 bits per heavy atom. The number of rotatable bonds is 7. The van der Waals surface area contributed by atoms with Gasteiger partial charge in [-0.1, -0.05) is 80.2 Å². The lowest BCUT2D eigenvalue weighted by Crippen LogP contribution is -2.38. The largest absolute Gasteiger partial charge is 0.465 e. The topological polar surface area (TPSA) is 78.5 Å². The fraction of sp³-hybridized carbons (Fsp3) is 0.333. The number of carbonyl (C=O) groups is 1. The van der Waals surface area contributed by atoms with Gasteiger partial charge in [-0.25, -0.2) is 14.1 Å². The van der Waals surface area contributed by atoms with Crippen LogP contribution in [0.2, 0.25) is 0 Å². The average molecular weight is 489 g/mol. The van der Waals surface area contributed by atoms with Crippen LogP contribution < -0.4 is 5.56 Å². The highest BCUT2D eigenvalue weighted by atomic mass is 32.2. The Hall–Kier alpha value is -3.39. The monoisotopic (exact) mass is 488 g/mol. The molecule has 2 aromatic carbocycles. The fourth-order valence-corrected chi connectivity index (χ4v) is 5.57. The zero-order chi connectivity index (χ0) is 24.6. The van der Waals surface area contributed by atoms with Crippen molar-refractivity contribution in [2.75, 3.05) is 12.4 Å². The van der Waals surface area contributed by atoms with Gasteiger partial charge in [-0.2, -0.15) is 0 Å². The van der Waals surface area contributed by atoms with E-state index in [-0.39, 0.29) is 22.7 Å². The Kier molecular flexibility index (Phi) is 6.23. The maximum atomic E-state index is 14.2. The van der Waals surface area contributed by atoms with Crippen molar-refractivity contribution in [1.82, 2.24) is 19.2 Å². The highest BCUT2D eigenvalue weighted by Gasteiger charge is 2.38. The Labute approximate surface area is 208 Å². The minimum Gasteiger partial charge on any atom is -0.465 e. The summed E-state index contributed by atoms with van der Waals surface area (Å²) in [5.74, 6) is 0.205. The molecule has 0 unspecified atom stereocenters. The summed E-state index contributed by atoms with van der Waals surface area (Å²) < 4.78 is 8.42. The zero-order valence-electron chi connectivity index (χ0n) is 20.2. The third-order valence-electron chi connectivity index (χ3n) is 6.73. The highest BCUT2D eigenvalue weighted by molar-refractivity contribution is 7.99. The number of aromatic nitrogens is 4. The standard InChI is InChI=1S/C27H28N4O3S/c1-4-27(3)15-19-13-9-10-14-20(19)23-22(27)24(33)31-25(28-23)30(16-18-11-7-6-8-12-18)29-26(31)35-17-21(32)34-5-2/h6-14H,4-5,15-17H2,1-3H3/t27-/m1/s1. The Morgan fingerprint density at radius 1 is 1.11 bits per heavy atom. The molecule has 1 atom stereocenters. The van der Waals surface area contributed by atoms with E-state index in [0.717, 1.165) is 29.7 Å². The van der Waals surface area contributed by atoms with E-state index in [4.69, 9.17) is 14.8 Å². The second-order valence-corrected chi connectivity index (χ2v) is 9.99. The molecule has 0 fully saturated rings. The summed E-state index contributed by atoms with van der Waals surface area (Å²) in [6.07, 6.45) is 1.58. The van der Waals surface area contributed by atoms with Crippen LogP contribution >= 0.6 is 11.8 Å². The van der Waals surface area contributed by atoms with Gasteiger partial charge >= 0.3 is 5.97 Å². The Balaban J connectivity index is 1.74. The first-order valence-electron chi connectivity index (χ1n) is 11.9. The second kappa shape index (κ2) is 9.34. The van der Waals surface area contributed by atoms with Gasteiger partial charge in [0.25, 0.3) is 5.56 Å². The van der Waals surface area contributed by atoms with Gasteiger partial charge in [0, 0.05) is 11.0 Å². The molecule has 35 heavy (non-hydrogen) atoms. The lowest BCUT2D eigenvalue weighted by molar-refractivity contribution is -0.139. The molecule has 180 valence electrons. The van der Waals surface area contributed by atoms with E-state index in [9.17, 15) is 9.59 Å². The van der Waals surface area contributed by atoms with Crippen molar-refractivity contribution in [2.24, 2.45) is 0 Å². The van der Waals surface area contributed by atoms with Crippen molar-refractivity contribution in [3.8, 4) is 11.3 Å². The minimum absolute atomic E-state index is 0.0721. The number of carbonyl (C=O) groups excluding carboxylic acids is 1. The van der Waals surface area contributed by atoms with Crippen molar-refractivity contribution < 1.29 is 9.53 Å². The van der Waals surface area contributed by atoms with Crippen LogP contribution in [0.3, 0.4) is 0 Å². The van der Waals surface area contributed by atoms with Gasteiger partial charge in [0.1, 0.15) is 0 Å². The number of benzene rings is 2. The maximum absolute atomic E-state index is 14.2. The highest BCUT2D eigenvalue weighted by Crippen LogP contribution is 2.42. The van der Waals surface area contributed by atoms with Crippen LogP contribution in [-0.2, 0) is 27.9 Å². The van der Waals surface area contributed by atoms with E-state index >= 15 is 0 Å². The quantitative estimate of drug-likeness (QED) is 0.282. The van der Waals surface area contributed by atoms with Crippen molar-refractivity contribution in [3.05, 3.63) is 81.6 Å². The van der Waals surface area contributed by atoms with E-state index in [1.54, 1.807) is 16.0 Å². The number of esters is 1. The van der Waals surface area contributed by atoms with Gasteiger partial charge in [-0.05, 0) is 30.9 Å². The molecule has 0 bridgehead atoms. The number of hydrogen-bond donors (Lipinski definition) is 0. The summed E-state index contributed by atoms with van der Waals surface area (Å²) in [7, 11) is 0. The molecule has 5 rings (SSSR count). The van der Waals surface area contributed by atoms with Crippen molar-refractivity contribution in [1.29, 1.82) is 0 Å². The molecular weight excluding hydrogens is 460 g/mol. The van der Waals surface area contributed by atoms with Gasteiger partial charge in [-0.15, -0.1) is 5.10 Å². The molecule has 1 aliphatic rings. The van der Waals surface area contributed by atoms with E-state index in [0.29, 0.717) is 29.6 Å². The van der Waals surface area contributed by atoms with Crippen LogP contribution in [0, 0.1) is 0 Å². The predicted octanol–water partition coefficient (Wildman–Crippen LogP) is 4.49. The molecule has 8 heteroatoms. The zero-order valence-corrected chi connectivity index (χ0v) is 21.0. The Bertz CT molecular complexity index is 1460. The van der Waals surface area contributed by atoms with Crippen LogP contribution in [0.5, 0.6) is 0 Å². The van der Waals surface area contributed by atoms with Crippen molar-refractivity contribution in [3.63, 3.8) is 0 Å². The average Bonchev–Trinajstić information content (AvgIpc) is 3.21. The first-order valence-corrected chi connectivity index (χ1v) is 12.9. The first-order chi connectivity index (χ1) is 16.9. The van der Waals surface area contributed by atoms with Gasteiger partial charge in [0.2, 0.25) is 5.78 Å². The third kappa shape index (κ3) is 4.16. The lowest BCUT2D eigenvalue weighted by atomic mass is 9.69. The van der Waals surface area contributed by atoms with Gasteiger partial charge < -0.3 is 4.74 Å². The molecule has 1 aliphatic carbocycles. The summed E-state index contributed by atoms with van der Waals surface area (Å²) in [6.45, 7) is 6.79. The minimum atomic E-state index is -0.348. The number of fused-ring (bicyclic) bond motifs is 4. The second-order valence-electron chi connectivity index (χ2n) is 9.04. The molecule has 2 heterocycles. The van der Waals surface area contributed by atoms with Crippen LogP contribution in [0.15, 0.2) is 64.5 Å². The first kappa shape index (κ1) is 23.4. The number of thioether (sulfide) groups is 1. The Morgan fingerprint density at radius 3 is 2.60 bits per heavy atom. The predicted molar refractivity (Wildman–Crippen MR) is 137 cm³/mol. The molecule has 4 aromatic rings. The number of hydrogen-bond acceptors (Lipinski definition) is 6. The summed E-state index contributed by atoms with van der Waals surface area (Å²) in [4.78, 5) is 31.3. The van der Waals surface area contributed by atoms with Crippen LogP contribution in [0.4, 0.5) is 0 Å².